The van der Waals surface area contributed by atoms with Gasteiger partial charge in [0, 0.05) is 5.56 Å². The van der Waals surface area contributed by atoms with Crippen LogP contribution in [0.3, 0.4) is 0 Å². The first-order chi connectivity index (χ1) is 13.5. The molecule has 1 aliphatic rings. The minimum absolute atomic E-state index is 0.190. The van der Waals surface area contributed by atoms with Crippen molar-refractivity contribution in [2.24, 2.45) is 0 Å². The Labute approximate surface area is 163 Å². The fourth-order valence-corrected chi connectivity index (χ4v) is 3.23. The van der Waals surface area contributed by atoms with E-state index in [0.29, 0.717) is 11.3 Å². The number of rotatable bonds is 7. The minimum atomic E-state index is -2.01. The van der Waals surface area contributed by atoms with Crippen LogP contribution in [0.2, 0.25) is 0 Å². The van der Waals surface area contributed by atoms with Gasteiger partial charge in [-0.05, 0) is 24.6 Å². The molecular formula is C22H21NO5. The molecule has 1 heterocycles. The second-order valence-corrected chi connectivity index (χ2v) is 6.46. The molecule has 0 unspecified atom stereocenters. The first-order valence-electron chi connectivity index (χ1n) is 9.01. The number of ketones is 1. The Morgan fingerprint density at radius 3 is 2.50 bits per heavy atom. The van der Waals surface area contributed by atoms with Gasteiger partial charge in [0.15, 0.2) is 11.4 Å². The van der Waals surface area contributed by atoms with Crippen LogP contribution in [0, 0.1) is 0 Å². The van der Waals surface area contributed by atoms with Gasteiger partial charge >= 0.3 is 5.97 Å². The number of amides is 1. The van der Waals surface area contributed by atoms with Crippen LogP contribution in [0.25, 0.3) is 6.08 Å². The van der Waals surface area contributed by atoms with Gasteiger partial charge in [-0.15, -0.1) is 0 Å². The van der Waals surface area contributed by atoms with Crippen LogP contribution in [0.15, 0.2) is 60.7 Å². The van der Waals surface area contributed by atoms with E-state index in [2.05, 4.69) is 0 Å². The van der Waals surface area contributed by atoms with Crippen molar-refractivity contribution in [2.75, 3.05) is 18.1 Å². The maximum Gasteiger partial charge on any atom is 0.326 e. The summed E-state index contributed by atoms with van der Waals surface area (Å²) in [5.74, 6) is -1.68. The molecule has 3 rings (SSSR count). The van der Waals surface area contributed by atoms with Gasteiger partial charge in [-0.2, -0.15) is 0 Å². The van der Waals surface area contributed by atoms with Crippen molar-refractivity contribution in [1.82, 2.24) is 0 Å². The van der Waals surface area contributed by atoms with Gasteiger partial charge in [-0.3, -0.25) is 19.3 Å². The molecule has 0 bridgehead atoms. The number of fused-ring (bicyclic) bond motifs is 1. The molecule has 1 N–H and O–H groups in total. The van der Waals surface area contributed by atoms with Crippen molar-refractivity contribution in [1.29, 1.82) is 0 Å². The maximum absolute atomic E-state index is 12.9. The van der Waals surface area contributed by atoms with E-state index in [1.807, 2.05) is 30.3 Å². The third-order valence-corrected chi connectivity index (χ3v) is 4.52. The topological polar surface area (TPSA) is 83.9 Å². The molecule has 0 spiro atoms. The average molecular weight is 379 g/mol. The Hall–Kier alpha value is -3.25. The SMILES string of the molecule is CCOC(=O)CN1C(=O)[C@@](O)(CC(=O)/C=C/c2ccccc2)c2ccccc21. The molecule has 0 saturated carbocycles. The number of benzene rings is 2. The largest absolute Gasteiger partial charge is 0.465 e. The van der Waals surface area contributed by atoms with E-state index < -0.39 is 29.7 Å². The fraction of sp³-hybridized carbons (Fsp3) is 0.227. The summed E-state index contributed by atoms with van der Waals surface area (Å²) in [6.07, 6.45) is 2.57. The fourth-order valence-electron chi connectivity index (χ4n) is 3.23. The maximum atomic E-state index is 12.9. The van der Waals surface area contributed by atoms with Gasteiger partial charge in [-0.25, -0.2) is 0 Å². The lowest BCUT2D eigenvalue weighted by atomic mass is 9.89. The highest BCUT2D eigenvalue weighted by Crippen LogP contribution is 2.42. The number of anilines is 1. The predicted octanol–water partition coefficient (Wildman–Crippen LogP) is 2.46. The van der Waals surface area contributed by atoms with Crippen molar-refractivity contribution in [3.63, 3.8) is 0 Å². The summed E-state index contributed by atoms with van der Waals surface area (Å²) in [5.41, 5.74) is -0.458. The predicted molar refractivity (Wildman–Crippen MR) is 104 cm³/mol. The van der Waals surface area contributed by atoms with E-state index in [0.717, 1.165) is 5.56 Å². The highest BCUT2D eigenvalue weighted by atomic mass is 16.5. The molecule has 2 aromatic rings. The van der Waals surface area contributed by atoms with Gasteiger partial charge in [-0.1, -0.05) is 54.6 Å². The van der Waals surface area contributed by atoms with Crippen molar-refractivity contribution in [2.45, 2.75) is 18.9 Å². The molecule has 2 aromatic carbocycles. The Balaban J connectivity index is 1.83. The Morgan fingerprint density at radius 1 is 1.11 bits per heavy atom. The molecular weight excluding hydrogens is 358 g/mol. The molecule has 0 aromatic heterocycles. The number of esters is 1. The summed E-state index contributed by atoms with van der Waals surface area (Å²) in [6.45, 7) is 1.54. The average Bonchev–Trinajstić information content (AvgIpc) is 2.89. The molecule has 6 nitrogen and oxygen atoms in total. The number of para-hydroxylation sites is 1. The quantitative estimate of drug-likeness (QED) is 0.590. The second-order valence-electron chi connectivity index (χ2n) is 6.46. The van der Waals surface area contributed by atoms with E-state index in [1.165, 1.54) is 11.0 Å². The Morgan fingerprint density at radius 2 is 1.79 bits per heavy atom. The van der Waals surface area contributed by atoms with Crippen molar-refractivity contribution in [3.05, 3.63) is 71.8 Å². The van der Waals surface area contributed by atoms with E-state index in [9.17, 15) is 19.5 Å². The number of hydrogen-bond donors (Lipinski definition) is 1. The van der Waals surface area contributed by atoms with Gasteiger partial charge in [0.2, 0.25) is 0 Å². The number of carbonyl (C=O) groups is 3. The summed E-state index contributed by atoms with van der Waals surface area (Å²) in [7, 11) is 0. The molecule has 0 fully saturated rings. The van der Waals surface area contributed by atoms with Crippen LogP contribution in [0.5, 0.6) is 0 Å². The van der Waals surface area contributed by atoms with Crippen LogP contribution in [-0.4, -0.2) is 35.9 Å². The van der Waals surface area contributed by atoms with Gasteiger partial charge < -0.3 is 9.84 Å². The summed E-state index contributed by atoms with van der Waals surface area (Å²) in [5, 5.41) is 11.1. The number of aliphatic hydroxyl groups is 1. The molecule has 1 amide bonds. The second kappa shape index (κ2) is 8.19. The van der Waals surface area contributed by atoms with Crippen LogP contribution >= 0.6 is 0 Å². The molecule has 0 saturated heterocycles. The van der Waals surface area contributed by atoms with Crippen LogP contribution in [-0.2, 0) is 24.7 Å². The van der Waals surface area contributed by atoms with Crippen LogP contribution < -0.4 is 4.90 Å². The van der Waals surface area contributed by atoms with Crippen molar-refractivity contribution >= 4 is 29.4 Å². The molecule has 1 atom stereocenters. The number of carbonyl (C=O) groups excluding carboxylic acids is 3. The standard InChI is InChI=1S/C22H21NO5/c1-2-28-20(25)15-23-19-11-7-6-10-18(19)22(27,21(23)26)14-17(24)13-12-16-8-4-3-5-9-16/h3-13,27H,2,14-15H2,1H3/b13-12+/t22-/m1/s1. The number of hydrogen-bond acceptors (Lipinski definition) is 5. The third-order valence-electron chi connectivity index (χ3n) is 4.52. The number of ether oxygens (including phenoxy) is 1. The minimum Gasteiger partial charge on any atom is -0.465 e. The van der Waals surface area contributed by atoms with E-state index in [-0.39, 0.29) is 13.2 Å². The van der Waals surface area contributed by atoms with Crippen LogP contribution in [0.4, 0.5) is 5.69 Å². The zero-order chi connectivity index (χ0) is 20.1. The molecule has 1 aliphatic heterocycles. The molecule has 28 heavy (non-hydrogen) atoms. The lowest BCUT2D eigenvalue weighted by Gasteiger charge is -2.21. The van der Waals surface area contributed by atoms with Gasteiger partial charge in [0.05, 0.1) is 18.7 Å². The first kappa shape index (κ1) is 19.5. The summed E-state index contributed by atoms with van der Waals surface area (Å²) in [6, 6.07) is 15.9. The van der Waals surface area contributed by atoms with Gasteiger partial charge in [0.25, 0.3) is 5.91 Å². The van der Waals surface area contributed by atoms with Crippen molar-refractivity contribution < 1.29 is 24.2 Å². The molecule has 6 heteroatoms. The molecule has 0 aliphatic carbocycles. The highest BCUT2D eigenvalue weighted by molar-refractivity contribution is 6.11. The highest BCUT2D eigenvalue weighted by Gasteiger charge is 2.50. The number of nitrogens with zero attached hydrogens (tertiary/aromatic N) is 1. The third kappa shape index (κ3) is 3.87. The zero-order valence-electron chi connectivity index (χ0n) is 15.5. The van der Waals surface area contributed by atoms with E-state index in [1.54, 1.807) is 37.3 Å². The van der Waals surface area contributed by atoms with E-state index in [4.69, 9.17) is 4.74 Å². The molecule has 144 valence electrons. The van der Waals surface area contributed by atoms with Crippen LogP contribution in [0.1, 0.15) is 24.5 Å². The summed E-state index contributed by atoms with van der Waals surface area (Å²) in [4.78, 5) is 38.4. The summed E-state index contributed by atoms with van der Waals surface area (Å²) < 4.78 is 4.91. The van der Waals surface area contributed by atoms with E-state index >= 15 is 0 Å². The Kier molecular flexibility index (Phi) is 5.70. The lowest BCUT2D eigenvalue weighted by Crippen LogP contribution is -2.43. The van der Waals surface area contributed by atoms with Crippen molar-refractivity contribution in [3.8, 4) is 0 Å². The normalized spacial score (nSPS) is 18.4. The lowest BCUT2D eigenvalue weighted by molar-refractivity contribution is -0.145. The monoisotopic (exact) mass is 379 g/mol. The smallest absolute Gasteiger partial charge is 0.326 e. The molecule has 0 radical (unpaired) electrons. The summed E-state index contributed by atoms with van der Waals surface area (Å²) >= 11 is 0. The first-order valence-corrected chi connectivity index (χ1v) is 9.01. The number of allylic oxidation sites excluding steroid dienone is 1. The Bertz CT molecular complexity index is 922. The van der Waals surface area contributed by atoms with Gasteiger partial charge in [0.1, 0.15) is 6.54 Å². The zero-order valence-corrected chi connectivity index (χ0v) is 15.5.